The highest BCUT2D eigenvalue weighted by Gasteiger charge is 2.26. The molecule has 1 saturated carbocycles. The minimum Gasteiger partial charge on any atom is -0.271 e. The number of nitrogens with one attached hydrogen (secondary N) is 1. The van der Waals surface area contributed by atoms with Crippen molar-refractivity contribution in [2.24, 2.45) is 17.7 Å². The fourth-order valence-electron chi connectivity index (χ4n) is 2.82. The highest BCUT2D eigenvalue weighted by Crippen LogP contribution is 2.36. The largest absolute Gasteiger partial charge is 0.271 e. The molecule has 1 unspecified atom stereocenters. The molecule has 0 radical (unpaired) electrons. The monoisotopic (exact) mass is 236 g/mol. The van der Waals surface area contributed by atoms with E-state index in [9.17, 15) is 4.39 Å². The minimum absolute atomic E-state index is 0.0817. The minimum atomic E-state index is -0.188. The Labute approximate surface area is 102 Å². The molecular weight excluding hydrogens is 215 g/mol. The predicted molar refractivity (Wildman–Crippen MR) is 67.6 cm³/mol. The number of hydrogen-bond acceptors (Lipinski definition) is 2. The number of benzene rings is 1. The molecule has 1 aliphatic rings. The standard InChI is InChI=1S/C14H21FN2/c1-10-5-7-11(8-6-10)14(17-16)12-3-2-4-13(15)9-12/h2-4,9-11,14,17H,5-8,16H2,1H3. The molecule has 0 saturated heterocycles. The molecule has 0 heterocycles. The summed E-state index contributed by atoms with van der Waals surface area (Å²) >= 11 is 0. The SMILES string of the molecule is CC1CCC(C(NN)c2cccc(F)c2)CC1. The maximum absolute atomic E-state index is 13.2. The molecule has 3 heteroatoms. The van der Waals surface area contributed by atoms with Gasteiger partial charge in [-0.15, -0.1) is 0 Å². The Hall–Kier alpha value is -0.930. The van der Waals surface area contributed by atoms with E-state index in [2.05, 4.69) is 12.3 Å². The van der Waals surface area contributed by atoms with Crippen LogP contribution in [-0.4, -0.2) is 0 Å². The summed E-state index contributed by atoms with van der Waals surface area (Å²) < 4.78 is 13.2. The third-order valence-electron chi connectivity index (χ3n) is 3.92. The smallest absolute Gasteiger partial charge is 0.123 e. The molecule has 0 aliphatic heterocycles. The van der Waals surface area contributed by atoms with E-state index in [1.807, 2.05) is 6.07 Å². The van der Waals surface area contributed by atoms with Crippen LogP contribution >= 0.6 is 0 Å². The Morgan fingerprint density at radius 1 is 1.29 bits per heavy atom. The van der Waals surface area contributed by atoms with E-state index < -0.39 is 0 Å². The molecule has 1 fully saturated rings. The van der Waals surface area contributed by atoms with Crippen molar-refractivity contribution in [3.05, 3.63) is 35.6 Å². The molecule has 17 heavy (non-hydrogen) atoms. The normalized spacial score (nSPS) is 26.8. The average Bonchev–Trinajstić information content (AvgIpc) is 2.33. The van der Waals surface area contributed by atoms with Crippen LogP contribution in [0.3, 0.4) is 0 Å². The number of hydrogen-bond donors (Lipinski definition) is 2. The van der Waals surface area contributed by atoms with Gasteiger partial charge in [0.05, 0.1) is 0 Å². The summed E-state index contributed by atoms with van der Waals surface area (Å²) in [5.74, 6) is 6.80. The van der Waals surface area contributed by atoms with Gasteiger partial charge < -0.3 is 0 Å². The van der Waals surface area contributed by atoms with E-state index >= 15 is 0 Å². The second-order valence-electron chi connectivity index (χ2n) is 5.22. The lowest BCUT2D eigenvalue weighted by Gasteiger charge is -2.32. The zero-order chi connectivity index (χ0) is 12.3. The third-order valence-corrected chi connectivity index (χ3v) is 3.92. The first kappa shape index (κ1) is 12.5. The van der Waals surface area contributed by atoms with Crippen LogP contribution in [0.4, 0.5) is 4.39 Å². The zero-order valence-electron chi connectivity index (χ0n) is 10.3. The summed E-state index contributed by atoms with van der Waals surface area (Å²) in [4.78, 5) is 0. The van der Waals surface area contributed by atoms with Crippen LogP contribution in [0.5, 0.6) is 0 Å². The van der Waals surface area contributed by atoms with Crippen molar-refractivity contribution < 1.29 is 4.39 Å². The molecule has 1 aromatic rings. The first-order valence-electron chi connectivity index (χ1n) is 6.42. The van der Waals surface area contributed by atoms with E-state index in [4.69, 9.17) is 5.84 Å². The zero-order valence-corrected chi connectivity index (χ0v) is 10.3. The third kappa shape index (κ3) is 3.05. The van der Waals surface area contributed by atoms with Crippen LogP contribution in [0.25, 0.3) is 0 Å². The van der Waals surface area contributed by atoms with Crippen LogP contribution in [0.15, 0.2) is 24.3 Å². The summed E-state index contributed by atoms with van der Waals surface area (Å²) in [5.41, 5.74) is 3.83. The summed E-state index contributed by atoms with van der Waals surface area (Å²) in [7, 11) is 0. The molecule has 0 amide bonds. The van der Waals surface area contributed by atoms with Crippen molar-refractivity contribution in [1.82, 2.24) is 5.43 Å². The Bertz CT molecular complexity index is 359. The summed E-state index contributed by atoms with van der Waals surface area (Å²) in [6, 6.07) is 6.84. The quantitative estimate of drug-likeness (QED) is 0.625. The second kappa shape index (κ2) is 5.61. The van der Waals surface area contributed by atoms with Gasteiger partial charge in [-0.3, -0.25) is 11.3 Å². The van der Waals surface area contributed by atoms with Gasteiger partial charge in [0.25, 0.3) is 0 Å². The highest BCUT2D eigenvalue weighted by atomic mass is 19.1. The molecule has 2 nitrogen and oxygen atoms in total. The average molecular weight is 236 g/mol. The van der Waals surface area contributed by atoms with Gasteiger partial charge in [-0.1, -0.05) is 31.9 Å². The molecular formula is C14H21FN2. The molecule has 1 aromatic carbocycles. The van der Waals surface area contributed by atoms with Crippen molar-refractivity contribution in [1.29, 1.82) is 0 Å². The topological polar surface area (TPSA) is 38.0 Å². The number of halogens is 1. The van der Waals surface area contributed by atoms with Gasteiger partial charge in [0.15, 0.2) is 0 Å². The molecule has 0 aromatic heterocycles. The van der Waals surface area contributed by atoms with E-state index in [0.717, 1.165) is 11.5 Å². The van der Waals surface area contributed by atoms with Crippen molar-refractivity contribution in [2.45, 2.75) is 38.6 Å². The lowest BCUT2D eigenvalue weighted by molar-refractivity contribution is 0.232. The molecule has 94 valence electrons. The summed E-state index contributed by atoms with van der Waals surface area (Å²) in [6.07, 6.45) is 4.84. The molecule has 1 atom stereocenters. The summed E-state index contributed by atoms with van der Waals surface area (Å²) in [5, 5.41) is 0. The number of nitrogens with two attached hydrogens (primary N) is 1. The lowest BCUT2D eigenvalue weighted by atomic mass is 9.77. The second-order valence-corrected chi connectivity index (χ2v) is 5.22. The first-order valence-corrected chi connectivity index (χ1v) is 6.42. The fraction of sp³-hybridized carbons (Fsp3) is 0.571. The Balaban J connectivity index is 2.10. The van der Waals surface area contributed by atoms with Gasteiger partial charge in [-0.2, -0.15) is 0 Å². The molecule has 2 rings (SSSR count). The van der Waals surface area contributed by atoms with Crippen molar-refractivity contribution in [3.63, 3.8) is 0 Å². The van der Waals surface area contributed by atoms with Crippen LogP contribution in [0, 0.1) is 17.7 Å². The van der Waals surface area contributed by atoms with Gasteiger partial charge in [-0.25, -0.2) is 4.39 Å². The molecule has 0 bridgehead atoms. The van der Waals surface area contributed by atoms with Crippen LogP contribution in [0.1, 0.15) is 44.2 Å². The van der Waals surface area contributed by atoms with Crippen molar-refractivity contribution in [2.75, 3.05) is 0 Å². The van der Waals surface area contributed by atoms with Crippen molar-refractivity contribution in [3.8, 4) is 0 Å². The van der Waals surface area contributed by atoms with Gasteiger partial charge in [0.2, 0.25) is 0 Å². The van der Waals surface area contributed by atoms with Crippen LogP contribution in [0.2, 0.25) is 0 Å². The van der Waals surface area contributed by atoms with Crippen LogP contribution < -0.4 is 11.3 Å². The lowest BCUT2D eigenvalue weighted by Crippen LogP contribution is -2.35. The van der Waals surface area contributed by atoms with E-state index in [0.29, 0.717) is 5.92 Å². The molecule has 0 spiro atoms. The Morgan fingerprint density at radius 3 is 2.59 bits per heavy atom. The first-order chi connectivity index (χ1) is 8.20. The highest BCUT2D eigenvalue weighted by molar-refractivity contribution is 5.21. The van der Waals surface area contributed by atoms with E-state index in [1.54, 1.807) is 12.1 Å². The van der Waals surface area contributed by atoms with Gasteiger partial charge >= 0.3 is 0 Å². The number of rotatable bonds is 3. The molecule has 1 aliphatic carbocycles. The van der Waals surface area contributed by atoms with Gasteiger partial charge in [0.1, 0.15) is 5.82 Å². The Morgan fingerprint density at radius 2 is 2.00 bits per heavy atom. The maximum Gasteiger partial charge on any atom is 0.123 e. The predicted octanol–water partition coefficient (Wildman–Crippen LogP) is 3.16. The van der Waals surface area contributed by atoms with Crippen LogP contribution in [-0.2, 0) is 0 Å². The Kier molecular flexibility index (Phi) is 4.13. The fourth-order valence-corrected chi connectivity index (χ4v) is 2.82. The van der Waals surface area contributed by atoms with Crippen molar-refractivity contribution >= 4 is 0 Å². The van der Waals surface area contributed by atoms with E-state index in [1.165, 1.54) is 31.7 Å². The summed E-state index contributed by atoms with van der Waals surface area (Å²) in [6.45, 7) is 2.29. The maximum atomic E-state index is 13.2. The van der Waals surface area contributed by atoms with Gasteiger partial charge in [-0.05, 0) is 42.4 Å². The van der Waals surface area contributed by atoms with Gasteiger partial charge in [0, 0.05) is 6.04 Å². The molecule has 3 N–H and O–H groups in total. The van der Waals surface area contributed by atoms with E-state index in [-0.39, 0.29) is 11.9 Å². The number of hydrazine groups is 1.